The fraction of sp³-hybridized carbons (Fsp3) is 0.333. The normalized spacial score (nSPS) is 15.1. The van der Waals surface area contributed by atoms with E-state index in [2.05, 4.69) is 59.6 Å². The van der Waals surface area contributed by atoms with E-state index in [-0.39, 0.29) is 17.0 Å². The van der Waals surface area contributed by atoms with E-state index in [1.54, 1.807) is 0 Å². The molecule has 2 aromatic rings. The van der Waals surface area contributed by atoms with Gasteiger partial charge in [-0.2, -0.15) is 0 Å². The average molecular weight is 380 g/mol. The molecule has 118 valence electrons. The quantitative estimate of drug-likeness (QED) is 0.848. The van der Waals surface area contributed by atoms with Crippen molar-refractivity contribution < 1.29 is 1.37 Å². The van der Waals surface area contributed by atoms with Gasteiger partial charge in [-0.1, -0.05) is 41.6 Å². The first kappa shape index (κ1) is 15.9. The summed E-state index contributed by atoms with van der Waals surface area (Å²) < 4.78 is 7.48. The second-order valence-corrected chi connectivity index (χ2v) is 6.49. The zero-order valence-electron chi connectivity index (χ0n) is 13.8. The summed E-state index contributed by atoms with van der Waals surface area (Å²) in [5.41, 5.74) is 3.67. The average Bonchev–Trinajstić information content (AvgIpc) is 2.58. The van der Waals surface area contributed by atoms with Gasteiger partial charge in [0.15, 0.2) is 0 Å². The highest BCUT2D eigenvalue weighted by atomic mass is 79.9. The van der Waals surface area contributed by atoms with Gasteiger partial charge in [-0.3, -0.25) is 0 Å². The van der Waals surface area contributed by atoms with Crippen molar-refractivity contribution in [3.63, 3.8) is 0 Å². The maximum absolute atomic E-state index is 7.48. The lowest BCUT2D eigenvalue weighted by atomic mass is 10.2. The molecule has 1 saturated heterocycles. The number of hydrogen-bond acceptors (Lipinski definition) is 3. The minimum atomic E-state index is 0. The number of halogens is 1. The molecule has 1 N–H and O–H groups in total. The third-order valence-corrected chi connectivity index (χ3v) is 5.03. The van der Waals surface area contributed by atoms with Crippen LogP contribution in [0.25, 0.3) is 0 Å². The Balaban J connectivity index is 0.00000192. The maximum atomic E-state index is 7.48. The molecule has 0 atom stereocenters. The Morgan fingerprint density at radius 1 is 1.09 bits per heavy atom. The number of nitrogens with zero attached hydrogens (tertiary/aromatic N) is 1. The molecule has 0 aliphatic carbocycles. The van der Waals surface area contributed by atoms with Gasteiger partial charge < -0.3 is 10.2 Å². The van der Waals surface area contributed by atoms with Gasteiger partial charge >= 0.3 is 0 Å². The zero-order chi connectivity index (χ0) is 15.4. The van der Waals surface area contributed by atoms with Gasteiger partial charge in [-0.15, -0.1) is 17.0 Å². The highest BCUT2D eigenvalue weighted by Crippen LogP contribution is 2.37. The Kier molecular flexibility index (Phi) is 5.82. The molecule has 4 heteroatoms. The standard InChI is InChI=1S/C18H22N2S.BrH/c1-14-7-8-17(15(2)13-14)21-18-6-4-3-5-16(18)20-11-9-19-10-12-20;/h3-8,13,19H,9-12H2,1-2H3;1H/i1D;. The molecule has 0 aromatic heterocycles. The van der Waals surface area contributed by atoms with Crippen molar-refractivity contribution in [3.05, 3.63) is 53.6 Å². The molecule has 0 spiro atoms. The monoisotopic (exact) mass is 379 g/mol. The largest absolute Gasteiger partial charge is 0.368 e. The number of hydrogen-bond donors (Lipinski definition) is 1. The van der Waals surface area contributed by atoms with Crippen molar-refractivity contribution in [1.82, 2.24) is 5.32 Å². The minimum Gasteiger partial charge on any atom is -0.368 e. The molecule has 0 amide bonds. The van der Waals surface area contributed by atoms with E-state index in [1.807, 2.05) is 11.8 Å². The first-order chi connectivity index (χ1) is 10.8. The number of anilines is 1. The Bertz CT molecular complexity index is 645. The van der Waals surface area contributed by atoms with Crippen LogP contribution in [-0.2, 0) is 0 Å². The first-order valence-electron chi connectivity index (χ1n) is 8.10. The minimum absolute atomic E-state index is 0. The van der Waals surface area contributed by atoms with E-state index in [0.717, 1.165) is 31.7 Å². The van der Waals surface area contributed by atoms with Crippen LogP contribution >= 0.6 is 28.7 Å². The number of para-hydroxylation sites is 1. The summed E-state index contributed by atoms with van der Waals surface area (Å²) in [6, 6.07) is 15.0. The second kappa shape index (κ2) is 8.04. The van der Waals surface area contributed by atoms with Gasteiger partial charge in [-0.05, 0) is 37.6 Å². The highest BCUT2D eigenvalue weighted by molar-refractivity contribution is 8.93. The van der Waals surface area contributed by atoms with E-state index in [9.17, 15) is 0 Å². The van der Waals surface area contributed by atoms with E-state index >= 15 is 0 Å². The van der Waals surface area contributed by atoms with Crippen LogP contribution in [-0.4, -0.2) is 26.2 Å². The van der Waals surface area contributed by atoms with E-state index in [0.29, 0.717) is 6.90 Å². The predicted molar refractivity (Wildman–Crippen MR) is 102 cm³/mol. The number of rotatable bonds is 3. The van der Waals surface area contributed by atoms with Gasteiger partial charge in [-0.25, -0.2) is 0 Å². The lowest BCUT2D eigenvalue weighted by molar-refractivity contribution is 0.587. The van der Waals surface area contributed by atoms with Crippen molar-refractivity contribution in [1.29, 1.82) is 0 Å². The van der Waals surface area contributed by atoms with Crippen LogP contribution in [0.3, 0.4) is 0 Å². The van der Waals surface area contributed by atoms with Crippen LogP contribution in [0.1, 0.15) is 12.5 Å². The van der Waals surface area contributed by atoms with E-state index in [4.69, 9.17) is 1.37 Å². The van der Waals surface area contributed by atoms with Crippen molar-refractivity contribution in [3.8, 4) is 0 Å². The molecular weight excluding hydrogens is 356 g/mol. The molecule has 2 nitrogen and oxygen atoms in total. The topological polar surface area (TPSA) is 15.3 Å². The SMILES string of the molecule is Br.[2H]Cc1ccc(Sc2ccccc2N2CCNCC2)c(C)c1. The number of nitrogens with one attached hydrogen (secondary N) is 1. The van der Waals surface area contributed by atoms with Crippen LogP contribution in [0.15, 0.2) is 52.3 Å². The third kappa shape index (κ3) is 4.06. The summed E-state index contributed by atoms with van der Waals surface area (Å²) in [4.78, 5) is 5.05. The summed E-state index contributed by atoms with van der Waals surface area (Å²) >= 11 is 1.83. The van der Waals surface area contributed by atoms with Crippen LogP contribution in [0, 0.1) is 13.8 Å². The van der Waals surface area contributed by atoms with Gasteiger partial charge in [0.05, 0.1) is 5.69 Å². The molecule has 1 aliphatic heterocycles. The maximum Gasteiger partial charge on any atom is 0.0508 e. The van der Waals surface area contributed by atoms with Gasteiger partial charge in [0.2, 0.25) is 0 Å². The molecule has 0 saturated carbocycles. The smallest absolute Gasteiger partial charge is 0.0508 e. The highest BCUT2D eigenvalue weighted by Gasteiger charge is 2.14. The van der Waals surface area contributed by atoms with Crippen molar-refractivity contribution in [2.24, 2.45) is 0 Å². The zero-order valence-corrected chi connectivity index (χ0v) is 15.4. The number of aryl methyl sites for hydroxylation is 2. The summed E-state index contributed by atoms with van der Waals surface area (Å²) in [5, 5.41) is 3.41. The lowest BCUT2D eigenvalue weighted by Gasteiger charge is -2.31. The third-order valence-electron chi connectivity index (χ3n) is 3.78. The number of benzene rings is 2. The summed E-state index contributed by atoms with van der Waals surface area (Å²) in [6.45, 7) is 6.72. The van der Waals surface area contributed by atoms with Gasteiger partial charge in [0.1, 0.15) is 0 Å². The molecule has 0 bridgehead atoms. The fourth-order valence-electron chi connectivity index (χ4n) is 2.65. The van der Waals surface area contributed by atoms with E-state index in [1.165, 1.54) is 21.0 Å². The van der Waals surface area contributed by atoms with Crippen molar-refractivity contribution in [2.45, 2.75) is 23.6 Å². The Hall–Kier alpha value is -0.970. The summed E-state index contributed by atoms with van der Waals surface area (Å²) in [6.07, 6.45) is 0. The Labute approximate surface area is 149 Å². The second-order valence-electron chi connectivity index (χ2n) is 5.41. The first-order valence-corrected chi connectivity index (χ1v) is 8.21. The predicted octanol–water partition coefficient (Wildman–Crippen LogP) is 4.44. The molecule has 22 heavy (non-hydrogen) atoms. The van der Waals surface area contributed by atoms with Gasteiger partial charge in [0, 0.05) is 37.3 Å². The Morgan fingerprint density at radius 2 is 1.86 bits per heavy atom. The van der Waals surface area contributed by atoms with Crippen molar-refractivity contribution >= 4 is 34.4 Å². The Morgan fingerprint density at radius 3 is 2.59 bits per heavy atom. The molecule has 3 rings (SSSR count). The van der Waals surface area contributed by atoms with Crippen LogP contribution in [0.4, 0.5) is 5.69 Å². The van der Waals surface area contributed by atoms with Crippen LogP contribution in [0.5, 0.6) is 0 Å². The number of piperazine rings is 1. The van der Waals surface area contributed by atoms with Crippen LogP contribution < -0.4 is 10.2 Å². The van der Waals surface area contributed by atoms with Crippen molar-refractivity contribution in [2.75, 3.05) is 31.1 Å². The molecular formula is C18H23BrN2S. The lowest BCUT2D eigenvalue weighted by Crippen LogP contribution is -2.43. The molecule has 1 aliphatic rings. The van der Waals surface area contributed by atoms with Gasteiger partial charge in [0.25, 0.3) is 0 Å². The fourth-order valence-corrected chi connectivity index (χ4v) is 3.70. The molecule has 0 unspecified atom stereocenters. The summed E-state index contributed by atoms with van der Waals surface area (Å²) in [7, 11) is 0. The van der Waals surface area contributed by atoms with E-state index < -0.39 is 0 Å². The summed E-state index contributed by atoms with van der Waals surface area (Å²) in [5.74, 6) is 0. The molecule has 0 radical (unpaired) electrons. The molecule has 1 heterocycles. The molecule has 1 fully saturated rings. The molecule has 2 aromatic carbocycles. The van der Waals surface area contributed by atoms with Crippen LogP contribution in [0.2, 0.25) is 0 Å².